The number of hydrogen-bond acceptors (Lipinski definition) is 2. The van der Waals surface area contributed by atoms with Gasteiger partial charge in [0.1, 0.15) is 12.0 Å². The van der Waals surface area contributed by atoms with Crippen molar-refractivity contribution >= 4 is 41.9 Å². The van der Waals surface area contributed by atoms with Crippen molar-refractivity contribution in [1.29, 1.82) is 0 Å². The molecule has 0 aromatic carbocycles. The van der Waals surface area contributed by atoms with Crippen LogP contribution in [0, 0.1) is 3.57 Å². The molecule has 0 radical (unpaired) electrons. The summed E-state index contributed by atoms with van der Waals surface area (Å²) in [7, 11) is -1.73. The Bertz CT molecular complexity index is 582. The first-order chi connectivity index (χ1) is 9.33. The van der Waals surface area contributed by atoms with Gasteiger partial charge in [-0.2, -0.15) is 0 Å². The Morgan fingerprint density at radius 2 is 1.60 bits per heavy atom. The summed E-state index contributed by atoms with van der Waals surface area (Å²) in [5.41, 5.74) is 3.13. The fourth-order valence-electron chi connectivity index (χ4n) is 4.06. The zero-order valence-corrected chi connectivity index (χ0v) is 16.3. The second-order valence-corrected chi connectivity index (χ2v) is 13.3. The quantitative estimate of drug-likeness (QED) is 0.530. The Hall–Kier alpha value is -0.433. The number of nitrogens with zero attached hydrogens (tertiary/aromatic N) is 3. The normalized spacial score (nSPS) is 13.1. The van der Waals surface area contributed by atoms with Crippen molar-refractivity contribution < 1.29 is 0 Å². The first-order valence-electron chi connectivity index (χ1n) is 7.30. The van der Waals surface area contributed by atoms with Crippen LogP contribution < -0.4 is 0 Å². The van der Waals surface area contributed by atoms with Crippen LogP contribution in [0.25, 0.3) is 11.0 Å². The van der Waals surface area contributed by atoms with Gasteiger partial charge in [-0.1, -0.05) is 41.5 Å². The summed E-state index contributed by atoms with van der Waals surface area (Å²) in [6.07, 6.45) is 5.93. The van der Waals surface area contributed by atoms with E-state index in [0.29, 0.717) is 16.6 Å². The first-order valence-corrected chi connectivity index (χ1v) is 10.6. The van der Waals surface area contributed by atoms with E-state index in [1.807, 2.05) is 6.20 Å². The van der Waals surface area contributed by atoms with Crippen molar-refractivity contribution in [1.82, 2.24) is 14.2 Å². The highest BCUT2D eigenvalue weighted by Gasteiger charge is 2.46. The van der Waals surface area contributed by atoms with Crippen LogP contribution >= 0.6 is 22.6 Å². The molecule has 0 bridgehead atoms. The molecule has 0 N–H and O–H groups in total. The number of hydrogen-bond donors (Lipinski definition) is 0. The van der Waals surface area contributed by atoms with Gasteiger partial charge in [0.15, 0.2) is 8.24 Å². The van der Waals surface area contributed by atoms with E-state index in [1.165, 1.54) is 8.96 Å². The molecular weight excluding hydrogens is 377 g/mol. The van der Waals surface area contributed by atoms with Crippen LogP contribution in [-0.4, -0.2) is 22.4 Å². The zero-order valence-electron chi connectivity index (χ0n) is 13.2. The van der Waals surface area contributed by atoms with Crippen molar-refractivity contribution in [3.05, 3.63) is 22.3 Å². The first kappa shape index (κ1) is 15.9. The summed E-state index contributed by atoms with van der Waals surface area (Å²) >= 11 is 2.41. The van der Waals surface area contributed by atoms with E-state index in [-0.39, 0.29) is 0 Å². The average molecular weight is 401 g/mol. The Balaban J connectivity index is 2.82. The molecule has 3 nitrogen and oxygen atoms in total. The maximum atomic E-state index is 4.60. The summed E-state index contributed by atoms with van der Waals surface area (Å²) in [5, 5.41) is 1.19. The third-order valence-electron chi connectivity index (χ3n) is 4.61. The molecule has 0 atom stereocenters. The lowest BCUT2D eigenvalue weighted by atomic mass is 10.4. The molecule has 2 rings (SSSR count). The second kappa shape index (κ2) is 5.75. The molecule has 2 heterocycles. The fourth-order valence-corrected chi connectivity index (χ4v) is 11.5. The number of aromatic nitrogens is 3. The van der Waals surface area contributed by atoms with E-state index < -0.39 is 8.24 Å². The molecule has 0 aliphatic heterocycles. The topological polar surface area (TPSA) is 30.7 Å². The number of fused-ring (bicyclic) bond motifs is 1. The Morgan fingerprint density at radius 1 is 1.05 bits per heavy atom. The van der Waals surface area contributed by atoms with Crippen LogP contribution in [-0.2, 0) is 0 Å². The lowest BCUT2D eigenvalue weighted by molar-refractivity contribution is 0.770. The lowest BCUT2D eigenvalue weighted by Gasteiger charge is -2.44. The summed E-state index contributed by atoms with van der Waals surface area (Å²) in [5.74, 6) is 0. The van der Waals surface area contributed by atoms with E-state index >= 15 is 0 Å². The number of halogens is 1. The SMILES string of the molecule is CC(C)[Si](C(C)C)(C(C)C)n1cc(I)c2cncnc21. The van der Waals surface area contributed by atoms with E-state index in [0.717, 1.165) is 5.65 Å². The summed E-state index contributed by atoms with van der Waals surface area (Å²) in [6, 6.07) is 0. The van der Waals surface area contributed by atoms with Gasteiger partial charge in [-0.25, -0.2) is 9.97 Å². The van der Waals surface area contributed by atoms with Crippen molar-refractivity contribution in [3.8, 4) is 0 Å². The van der Waals surface area contributed by atoms with E-state index in [2.05, 4.69) is 84.5 Å². The van der Waals surface area contributed by atoms with Crippen molar-refractivity contribution in [3.63, 3.8) is 0 Å². The van der Waals surface area contributed by atoms with Crippen LogP contribution in [0.5, 0.6) is 0 Å². The van der Waals surface area contributed by atoms with Crippen LogP contribution in [0.4, 0.5) is 0 Å². The second-order valence-electron chi connectivity index (χ2n) is 6.46. The molecule has 0 amide bonds. The van der Waals surface area contributed by atoms with Crippen LogP contribution in [0.2, 0.25) is 16.6 Å². The highest BCUT2D eigenvalue weighted by Crippen LogP contribution is 2.44. The Kier molecular flexibility index (Phi) is 4.58. The van der Waals surface area contributed by atoms with Crippen molar-refractivity contribution in [2.75, 3.05) is 0 Å². The minimum Gasteiger partial charge on any atom is -0.357 e. The van der Waals surface area contributed by atoms with E-state index in [1.54, 1.807) is 6.33 Å². The Morgan fingerprint density at radius 3 is 2.10 bits per heavy atom. The van der Waals surface area contributed by atoms with Gasteiger partial charge in [-0.05, 0) is 39.2 Å². The predicted molar refractivity (Wildman–Crippen MR) is 96.7 cm³/mol. The van der Waals surface area contributed by atoms with Crippen molar-refractivity contribution in [2.45, 2.75) is 58.2 Å². The summed E-state index contributed by atoms with van der Waals surface area (Å²) in [6.45, 7) is 14.3. The van der Waals surface area contributed by atoms with Gasteiger partial charge in [-0.15, -0.1) is 0 Å². The molecule has 0 aliphatic rings. The third kappa shape index (κ3) is 2.22. The van der Waals surface area contributed by atoms with Crippen LogP contribution in [0.3, 0.4) is 0 Å². The highest BCUT2D eigenvalue weighted by molar-refractivity contribution is 14.1. The average Bonchev–Trinajstić information content (AvgIpc) is 2.67. The summed E-state index contributed by atoms with van der Waals surface area (Å²) in [4.78, 5) is 8.79. The zero-order chi connectivity index (χ0) is 15.1. The minimum atomic E-state index is -1.73. The van der Waals surface area contributed by atoms with Gasteiger partial charge >= 0.3 is 0 Å². The van der Waals surface area contributed by atoms with Crippen molar-refractivity contribution in [2.24, 2.45) is 0 Å². The molecule has 0 unspecified atom stereocenters. The lowest BCUT2D eigenvalue weighted by Crippen LogP contribution is -2.51. The van der Waals surface area contributed by atoms with Gasteiger partial charge in [0.05, 0.1) is 0 Å². The Labute approximate surface area is 136 Å². The summed E-state index contributed by atoms with van der Waals surface area (Å²) < 4.78 is 3.81. The molecule has 0 saturated carbocycles. The molecular formula is C15H24IN3Si. The number of rotatable bonds is 4. The highest BCUT2D eigenvalue weighted by atomic mass is 127. The standard InChI is InChI=1S/C15H24IN3Si/c1-10(2)20(11(3)4,12(5)6)19-8-14(16)13-7-17-9-18-15(13)19/h7-12H,1-6H3. The smallest absolute Gasteiger partial charge is 0.171 e. The van der Waals surface area contributed by atoms with E-state index in [9.17, 15) is 0 Å². The van der Waals surface area contributed by atoms with Gasteiger partial charge in [0.2, 0.25) is 0 Å². The third-order valence-corrected chi connectivity index (χ3v) is 12.2. The fraction of sp³-hybridized carbons (Fsp3) is 0.600. The molecule has 110 valence electrons. The maximum absolute atomic E-state index is 4.60. The van der Waals surface area contributed by atoms with Gasteiger partial charge in [-0.3, -0.25) is 0 Å². The predicted octanol–water partition coefficient (Wildman–Crippen LogP) is 5.06. The molecule has 0 spiro atoms. The molecule has 2 aromatic rings. The largest absolute Gasteiger partial charge is 0.357 e. The minimum absolute atomic E-state index is 0.670. The molecule has 2 aromatic heterocycles. The molecule has 0 fully saturated rings. The van der Waals surface area contributed by atoms with Gasteiger partial charge in [0.25, 0.3) is 0 Å². The maximum Gasteiger partial charge on any atom is 0.171 e. The van der Waals surface area contributed by atoms with Crippen LogP contribution in [0.1, 0.15) is 41.5 Å². The molecule has 0 aliphatic carbocycles. The van der Waals surface area contributed by atoms with E-state index in [4.69, 9.17) is 0 Å². The molecule has 20 heavy (non-hydrogen) atoms. The van der Waals surface area contributed by atoms with Crippen LogP contribution in [0.15, 0.2) is 18.7 Å². The van der Waals surface area contributed by atoms with Gasteiger partial charge in [0, 0.05) is 21.4 Å². The van der Waals surface area contributed by atoms with Gasteiger partial charge < -0.3 is 4.23 Å². The monoisotopic (exact) mass is 401 g/mol. The molecule has 5 heteroatoms. The molecule has 0 saturated heterocycles.